The van der Waals surface area contributed by atoms with Gasteiger partial charge in [-0.05, 0) is 155 Å². The fourth-order valence-electron chi connectivity index (χ4n) is 14.9. The molecule has 0 radical (unpaired) electrons. The molecule has 5 N–H and O–H groups in total. The molecule has 0 unspecified atom stereocenters. The third-order valence-electron chi connectivity index (χ3n) is 21.8. The molecule has 9 amide bonds. The number of nitrogens with one attached hydrogen (secondary N) is 4. The maximum Gasteiger partial charge on any atom is 1.00 e. The Morgan fingerprint density at radius 2 is 0.940 bits per heavy atom. The molecule has 30 heteroatoms. The number of imidazole rings is 3. The molecule has 8 atom stereocenters. The zero-order chi connectivity index (χ0) is 83.2. The molecule has 117 heavy (non-hydrogen) atoms. The molecule has 624 valence electrons. The number of rotatable bonds is 25. The molecule has 2 saturated heterocycles. The van der Waals surface area contributed by atoms with Gasteiger partial charge in [0.15, 0.2) is 0 Å². The molecule has 0 spiro atoms. The summed E-state index contributed by atoms with van der Waals surface area (Å²) in [5.74, 6) is -0.632. The van der Waals surface area contributed by atoms with Gasteiger partial charge in [0, 0.05) is 133 Å². The van der Waals surface area contributed by atoms with Crippen LogP contribution in [0, 0.1) is 28.4 Å². The Hall–Kier alpha value is -10.4. The van der Waals surface area contributed by atoms with Gasteiger partial charge in [-0.2, -0.15) is 0 Å². The van der Waals surface area contributed by atoms with Crippen LogP contribution in [0.5, 0.6) is 0 Å². The predicted molar refractivity (Wildman–Crippen MR) is 432 cm³/mol. The van der Waals surface area contributed by atoms with E-state index >= 15 is 0 Å². The van der Waals surface area contributed by atoms with Crippen molar-refractivity contribution in [2.75, 3.05) is 46.3 Å². The molecule has 8 heterocycles. The monoisotopic (exact) mass is 1600 g/mol. The number of likely N-dealkylation sites (N-methyl/N-ethyl adjacent to an activating group) is 1. The molecule has 7 aromatic rings. The van der Waals surface area contributed by atoms with Crippen LogP contribution in [0.3, 0.4) is 0 Å². The van der Waals surface area contributed by atoms with Crippen molar-refractivity contribution in [3.8, 4) is 0 Å². The number of carbonyl (C=O) groups excluding carboxylic acids is 10. The summed E-state index contributed by atoms with van der Waals surface area (Å²) >= 11 is 0. The number of benzene rings is 4. The summed E-state index contributed by atoms with van der Waals surface area (Å²) in [7, 11) is 1.47. The number of hydrogen-bond donors (Lipinski definition) is 4. The summed E-state index contributed by atoms with van der Waals surface area (Å²) in [6.07, 6.45) is 14.4. The van der Waals surface area contributed by atoms with Crippen LogP contribution < -0.4 is 40.1 Å². The maximum atomic E-state index is 14.8. The van der Waals surface area contributed by atoms with E-state index in [0.717, 1.165) is 86.8 Å². The molecule has 3 aromatic heterocycles. The SMILES string of the molecule is CC[C@@H](C)C(=O)N[C@H](C(=O)N1C[C@@H](NC(=O)c2ccccc2)C[C@H]1CN(CCc1ccc(F)cc1)C(=O)c1cn2c(n1)CCC2)C(C)(C)C.C[C@@H](C(=O)N[C@H](C(=O)N1C[C@@H](NC(=O)c2ccccc2)C[C@H]1CN(CCc1ccc(F)cc1)C(=O)c1cn2c(n1)CCC2)C(C)(C)C)N(C)C(=O)OC(C)(C)C.O=[C-]c1cn2c(n1)CCC2.[Li+].[OH-]. The first-order chi connectivity index (χ1) is 54.5. The Balaban J connectivity index is 0.000000257. The van der Waals surface area contributed by atoms with E-state index in [4.69, 9.17) is 4.74 Å². The molecular formula is C87H113F2LiN15O12-. The van der Waals surface area contributed by atoms with E-state index < -0.39 is 64.7 Å². The largest absolute Gasteiger partial charge is 1.00 e. The minimum atomic E-state index is -1.03. The fourth-order valence-corrected chi connectivity index (χ4v) is 14.9. The van der Waals surface area contributed by atoms with Gasteiger partial charge in [0.25, 0.3) is 23.6 Å². The molecule has 0 aliphatic carbocycles. The Labute approximate surface area is 696 Å². The second kappa shape index (κ2) is 40.7. The van der Waals surface area contributed by atoms with Gasteiger partial charge in [-0.25, -0.2) is 23.5 Å². The smallest absolute Gasteiger partial charge is 0.870 e. The average molecular weight is 1610 g/mol. The van der Waals surface area contributed by atoms with E-state index in [1.54, 1.807) is 145 Å². The third kappa shape index (κ3) is 24.6. The van der Waals surface area contributed by atoms with Gasteiger partial charge in [-0.15, -0.1) is 6.20 Å². The fraction of sp³-hybridized carbons (Fsp3) is 0.506. The van der Waals surface area contributed by atoms with Crippen LogP contribution in [-0.4, -0.2) is 212 Å². The first-order valence-corrected chi connectivity index (χ1v) is 40.1. The van der Waals surface area contributed by atoms with Crippen molar-refractivity contribution in [1.82, 2.24) is 74.4 Å². The summed E-state index contributed by atoms with van der Waals surface area (Å²) in [5.41, 5.74) is 1.65. The number of ether oxygens (including phenoxy) is 1. The van der Waals surface area contributed by atoms with Gasteiger partial charge in [0.1, 0.15) is 58.4 Å². The molecule has 5 aliphatic rings. The number of nitrogens with zero attached hydrogens (tertiary/aromatic N) is 11. The van der Waals surface area contributed by atoms with E-state index in [9.17, 15) is 56.7 Å². The molecule has 27 nitrogen and oxygen atoms in total. The van der Waals surface area contributed by atoms with Crippen molar-refractivity contribution in [3.63, 3.8) is 0 Å². The third-order valence-corrected chi connectivity index (χ3v) is 21.8. The van der Waals surface area contributed by atoms with Crippen molar-refractivity contribution in [1.29, 1.82) is 0 Å². The maximum absolute atomic E-state index is 14.8. The van der Waals surface area contributed by atoms with Gasteiger partial charge in [-0.3, -0.25) is 48.2 Å². The Morgan fingerprint density at radius 1 is 0.556 bits per heavy atom. The molecular weight excluding hydrogens is 1490 g/mol. The van der Waals surface area contributed by atoms with Crippen LogP contribution >= 0.6 is 0 Å². The second-order valence-corrected chi connectivity index (χ2v) is 33.9. The van der Waals surface area contributed by atoms with E-state index in [1.165, 1.54) is 36.2 Å². The Kier molecular flexibility index (Phi) is 32.0. The molecule has 2 fully saturated rings. The molecule has 5 aliphatic heterocycles. The van der Waals surface area contributed by atoms with E-state index in [1.807, 2.05) is 81.2 Å². The zero-order valence-corrected chi connectivity index (χ0v) is 70.0. The van der Waals surface area contributed by atoms with Crippen LogP contribution in [0.15, 0.2) is 128 Å². The van der Waals surface area contributed by atoms with E-state index in [-0.39, 0.29) is 122 Å². The molecule has 12 rings (SSSR count). The van der Waals surface area contributed by atoms with Crippen LogP contribution in [0.2, 0.25) is 0 Å². The zero-order valence-electron chi connectivity index (χ0n) is 70.0. The van der Waals surface area contributed by atoms with Crippen LogP contribution in [0.1, 0.15) is 198 Å². The summed E-state index contributed by atoms with van der Waals surface area (Å²) in [5, 5.41) is 12.1. The number of amides is 9. The van der Waals surface area contributed by atoms with Gasteiger partial charge < -0.3 is 69.6 Å². The molecule has 4 aromatic carbocycles. The normalized spacial score (nSPS) is 17.5. The number of aromatic nitrogens is 6. The van der Waals surface area contributed by atoms with Crippen LogP contribution in [0.4, 0.5) is 13.6 Å². The minimum absolute atomic E-state index is 0. The van der Waals surface area contributed by atoms with Crippen molar-refractivity contribution >= 4 is 59.6 Å². The standard InChI is InChI=1S/C42H56FN7O6.C38H49FN6O4.C7H7N2O.Li.H2O/c1-27(47(8)40(55)56-42(5,6)7)36(51)46-35(41(2,3)4)39(54)50-24-31(44-37(52)29-13-10-9-11-14-29)23-32(50)25-49(22-20-28-16-18-30(43)19-17-28)38(53)33-26-48-21-12-15-34(48)45-33;1-6-25(2)34(46)42-33(38(3,4)5)37(49)45-22-29(40-35(47)27-11-8-7-9-12-27)21-30(45)23-44(20-18-26-14-16-28(39)17-15-26)36(48)31-24-43-19-10-13-32(43)41-31;10-5-6-4-9-3-1-2-7(9)8-6;;/h9-11,13-14,16-19,26-27,31-32,35H,12,15,20-25H2,1-8H3,(H,44,52)(H,46,51);7-9,11-12,14-17,24-25,29-30,33H,6,10,13,18-23H2,1-5H3,(H,40,47)(H,42,46);4H,1-3H2;;1H2/q;;-1;+1;/p-1/t27-,31-,32-,35+;25-,29+,30+,33-;;;/m01.../s1. The number of carbonyl (C=O) groups is 9. The summed E-state index contributed by atoms with van der Waals surface area (Å²) < 4.78 is 38.9. The number of hydrogen-bond acceptors (Lipinski definition) is 15. The number of aryl methyl sites for hydroxylation is 6. The first kappa shape index (κ1) is 92.1. The van der Waals surface area contributed by atoms with E-state index in [2.05, 4.69) is 36.2 Å². The second-order valence-electron chi connectivity index (χ2n) is 33.9. The summed E-state index contributed by atoms with van der Waals surface area (Å²) in [6.45, 7) is 25.7. The number of halogens is 2. The van der Waals surface area contributed by atoms with Gasteiger partial charge in [0.2, 0.25) is 23.6 Å². The average Bonchev–Trinajstić information content (AvgIpc) is 1.68. The Morgan fingerprint density at radius 3 is 1.30 bits per heavy atom. The minimum Gasteiger partial charge on any atom is -0.870 e. The number of likely N-dealkylation sites (tertiary alicyclic amines) is 2. The van der Waals surface area contributed by atoms with Crippen LogP contribution in [0.25, 0.3) is 0 Å². The Bertz CT molecular complexity index is 4510. The summed E-state index contributed by atoms with van der Waals surface area (Å²) in [6, 6.07) is 25.4. The number of fused-ring (bicyclic) bond motifs is 3. The van der Waals surface area contributed by atoms with E-state index in [0.29, 0.717) is 66.9 Å². The first-order valence-electron chi connectivity index (χ1n) is 40.1. The van der Waals surface area contributed by atoms with Crippen molar-refractivity contribution < 1.29 is 85.8 Å². The van der Waals surface area contributed by atoms with Gasteiger partial charge in [-0.1, -0.05) is 116 Å². The molecule has 0 bridgehead atoms. The van der Waals surface area contributed by atoms with Crippen molar-refractivity contribution in [3.05, 3.63) is 196 Å². The quantitative estimate of drug-likeness (QED) is 0.0347. The molecule has 0 saturated carbocycles. The van der Waals surface area contributed by atoms with Crippen LogP contribution in [-0.2, 0) is 80.4 Å². The van der Waals surface area contributed by atoms with Crippen molar-refractivity contribution in [2.24, 2.45) is 16.7 Å². The van der Waals surface area contributed by atoms with Gasteiger partial charge >= 0.3 is 25.0 Å². The van der Waals surface area contributed by atoms with Gasteiger partial charge in [0.05, 0.1) is 17.9 Å². The predicted octanol–water partition coefficient (Wildman–Crippen LogP) is 6.58. The summed E-state index contributed by atoms with van der Waals surface area (Å²) in [4.78, 5) is 155. The van der Waals surface area contributed by atoms with Crippen molar-refractivity contribution in [2.45, 2.75) is 221 Å². The topological polar surface area (TPSA) is 328 Å².